The first kappa shape index (κ1) is 15.8. The minimum absolute atomic E-state index is 0.113. The molecule has 1 unspecified atom stereocenters. The van der Waals surface area contributed by atoms with Gasteiger partial charge < -0.3 is 0 Å². The number of esters is 1. The van der Waals surface area contributed by atoms with E-state index in [2.05, 4.69) is 20.6 Å². The summed E-state index contributed by atoms with van der Waals surface area (Å²) in [4.78, 5) is 18.7. The summed E-state index contributed by atoms with van der Waals surface area (Å²) < 4.78 is 6.30. The van der Waals surface area contributed by atoms with E-state index in [1.165, 1.54) is 3.59 Å². The molecule has 0 saturated heterocycles. The summed E-state index contributed by atoms with van der Waals surface area (Å²) >= 11 is -2.27. The van der Waals surface area contributed by atoms with Crippen molar-refractivity contribution in [3.63, 3.8) is 0 Å². The van der Waals surface area contributed by atoms with E-state index in [9.17, 15) is 4.79 Å². The van der Waals surface area contributed by atoms with Crippen LogP contribution < -0.4 is 0 Å². The monoisotopic (exact) mass is 332 g/mol. The summed E-state index contributed by atoms with van der Waals surface area (Å²) in [5.74, 6) is -0.247. The molecule has 0 aliphatic rings. The van der Waals surface area contributed by atoms with Gasteiger partial charge in [-0.1, -0.05) is 0 Å². The molecule has 0 amide bonds. The average Bonchev–Trinajstić information content (AvgIpc) is 2.11. The number of hydrogen-bond donors (Lipinski definition) is 0. The Kier molecular flexibility index (Phi) is 6.42. The van der Waals surface area contributed by atoms with Gasteiger partial charge in [-0.25, -0.2) is 0 Å². The molecule has 0 aromatic rings. The molecule has 0 aliphatic heterocycles. The minimum atomic E-state index is -2.27. The molecule has 16 heavy (non-hydrogen) atoms. The Hall–Kier alpha value is -0.211. The van der Waals surface area contributed by atoms with Crippen molar-refractivity contribution < 1.29 is 9.53 Å². The van der Waals surface area contributed by atoms with Crippen LogP contribution in [0.3, 0.4) is 0 Å². The van der Waals surface area contributed by atoms with Crippen LogP contribution in [0.1, 0.15) is 27.7 Å². The summed E-state index contributed by atoms with van der Waals surface area (Å²) in [7, 11) is 0. The fourth-order valence-corrected chi connectivity index (χ4v) is 7.43. The van der Waals surface area contributed by atoms with Crippen molar-refractivity contribution in [3.8, 4) is 0 Å². The SMILES string of the molecule is CCOC(=O)C(C)[C](=C=C(C)C)[Sn]([CH3])([CH3])[CH3]. The summed E-state index contributed by atoms with van der Waals surface area (Å²) in [6, 6.07) is 0. The van der Waals surface area contributed by atoms with Crippen LogP contribution in [0.5, 0.6) is 0 Å². The standard InChI is InChI=1S/C10H15O2.3CH3.Sn/c1-5-12-10(11)9(4)7-6-8(2)3;;;;/h9H,5H2,1-4H3;3*1H3;. The molecule has 0 aromatic heterocycles. The second kappa shape index (κ2) is 6.51. The van der Waals surface area contributed by atoms with E-state index < -0.39 is 18.4 Å². The number of rotatable bonds is 4. The molecule has 0 N–H and O–H groups in total. The van der Waals surface area contributed by atoms with Crippen molar-refractivity contribution in [2.45, 2.75) is 42.5 Å². The zero-order chi connectivity index (χ0) is 12.9. The van der Waals surface area contributed by atoms with Gasteiger partial charge in [-0.05, 0) is 0 Å². The van der Waals surface area contributed by atoms with Crippen molar-refractivity contribution >= 4 is 24.3 Å². The molecule has 3 heteroatoms. The van der Waals surface area contributed by atoms with Gasteiger partial charge in [0.2, 0.25) is 0 Å². The Bertz CT molecular complexity index is 313. The van der Waals surface area contributed by atoms with E-state index in [-0.39, 0.29) is 11.9 Å². The van der Waals surface area contributed by atoms with E-state index >= 15 is 0 Å². The van der Waals surface area contributed by atoms with Crippen molar-refractivity contribution in [3.05, 3.63) is 14.9 Å². The molecule has 0 radical (unpaired) electrons. The third-order valence-corrected chi connectivity index (χ3v) is 8.47. The molecule has 92 valence electrons. The first-order valence-electron chi connectivity index (χ1n) is 5.81. The van der Waals surface area contributed by atoms with Crippen LogP contribution in [0, 0.1) is 5.92 Å². The molecule has 0 bridgehead atoms. The number of ether oxygens (including phenoxy) is 1. The second-order valence-corrected chi connectivity index (χ2v) is 19.6. The Balaban J connectivity index is 5.25. The van der Waals surface area contributed by atoms with Crippen LogP contribution in [0.25, 0.3) is 0 Å². The molecule has 0 fully saturated rings. The Labute approximate surface area is 104 Å². The van der Waals surface area contributed by atoms with E-state index in [0.29, 0.717) is 6.61 Å². The van der Waals surface area contributed by atoms with Gasteiger partial charge in [-0.3, -0.25) is 0 Å². The summed E-state index contributed by atoms with van der Waals surface area (Å²) in [5, 5.41) is 0. The second-order valence-electron chi connectivity index (χ2n) is 5.26. The third kappa shape index (κ3) is 5.22. The topological polar surface area (TPSA) is 26.3 Å². The van der Waals surface area contributed by atoms with Crippen LogP contribution >= 0.6 is 0 Å². The molecule has 0 spiro atoms. The molecule has 0 aliphatic carbocycles. The van der Waals surface area contributed by atoms with E-state index in [0.717, 1.165) is 5.57 Å². The number of hydrogen-bond acceptors (Lipinski definition) is 2. The molecular formula is C13H24O2Sn. The van der Waals surface area contributed by atoms with Gasteiger partial charge in [-0.2, -0.15) is 0 Å². The van der Waals surface area contributed by atoms with Crippen LogP contribution in [0.15, 0.2) is 14.9 Å². The van der Waals surface area contributed by atoms with Crippen molar-refractivity contribution in [2.75, 3.05) is 6.61 Å². The predicted octanol–water partition coefficient (Wildman–Crippen LogP) is 3.55. The van der Waals surface area contributed by atoms with Crippen molar-refractivity contribution in [1.29, 1.82) is 0 Å². The molecule has 2 nitrogen and oxygen atoms in total. The predicted molar refractivity (Wildman–Crippen MR) is 71.0 cm³/mol. The Morgan fingerprint density at radius 3 is 2.12 bits per heavy atom. The average molecular weight is 331 g/mol. The van der Waals surface area contributed by atoms with Gasteiger partial charge in [0.15, 0.2) is 0 Å². The van der Waals surface area contributed by atoms with Crippen molar-refractivity contribution in [1.82, 2.24) is 0 Å². The van der Waals surface area contributed by atoms with Gasteiger partial charge in [0.1, 0.15) is 0 Å². The summed E-state index contributed by atoms with van der Waals surface area (Å²) in [6.07, 6.45) is 0. The molecule has 1 atom stereocenters. The normalized spacial score (nSPS) is 12.7. The fourth-order valence-electron chi connectivity index (χ4n) is 1.60. The van der Waals surface area contributed by atoms with E-state index in [1.807, 2.05) is 27.7 Å². The Morgan fingerprint density at radius 1 is 1.31 bits per heavy atom. The van der Waals surface area contributed by atoms with Gasteiger partial charge in [0.05, 0.1) is 0 Å². The molecular weight excluding hydrogens is 307 g/mol. The first-order valence-corrected chi connectivity index (χ1v) is 15.8. The fraction of sp³-hybridized carbons (Fsp3) is 0.692. The molecule has 0 rings (SSSR count). The quantitative estimate of drug-likeness (QED) is 0.447. The van der Waals surface area contributed by atoms with Gasteiger partial charge in [-0.15, -0.1) is 0 Å². The third-order valence-electron chi connectivity index (χ3n) is 2.27. The molecule has 0 aromatic carbocycles. The van der Waals surface area contributed by atoms with Crippen LogP contribution in [-0.2, 0) is 9.53 Å². The Morgan fingerprint density at radius 2 is 1.81 bits per heavy atom. The molecule has 0 heterocycles. The number of carbonyl (C=O) groups excluding carboxylic acids is 1. The van der Waals surface area contributed by atoms with Crippen molar-refractivity contribution in [2.24, 2.45) is 5.92 Å². The van der Waals surface area contributed by atoms with E-state index in [1.54, 1.807) is 0 Å². The zero-order valence-corrected chi connectivity index (χ0v) is 14.5. The summed E-state index contributed by atoms with van der Waals surface area (Å²) in [6.45, 7) is 8.27. The molecule has 0 saturated carbocycles. The maximum absolute atomic E-state index is 11.8. The van der Waals surface area contributed by atoms with Crippen LogP contribution in [-0.4, -0.2) is 31.0 Å². The van der Waals surface area contributed by atoms with E-state index in [4.69, 9.17) is 4.74 Å². The zero-order valence-electron chi connectivity index (χ0n) is 11.6. The van der Waals surface area contributed by atoms with Gasteiger partial charge >= 0.3 is 104 Å². The number of carbonyl (C=O) groups is 1. The van der Waals surface area contributed by atoms with Crippen LogP contribution in [0.2, 0.25) is 14.8 Å². The summed E-state index contributed by atoms with van der Waals surface area (Å²) in [5.41, 5.74) is 4.52. The first-order chi connectivity index (χ1) is 7.20. The van der Waals surface area contributed by atoms with Gasteiger partial charge in [0, 0.05) is 0 Å². The van der Waals surface area contributed by atoms with Crippen LogP contribution in [0.4, 0.5) is 0 Å². The van der Waals surface area contributed by atoms with Gasteiger partial charge in [0.25, 0.3) is 0 Å². The maximum atomic E-state index is 11.8.